The summed E-state index contributed by atoms with van der Waals surface area (Å²) >= 11 is 0. The monoisotopic (exact) mass is 348 g/mol. The lowest BCUT2D eigenvalue weighted by Gasteiger charge is -2.23. The molecule has 0 radical (unpaired) electrons. The first kappa shape index (κ1) is 16.8. The number of hydrogen-bond acceptors (Lipinski definition) is 3. The Hall–Kier alpha value is -2.69. The zero-order chi connectivity index (χ0) is 18.4. The molecule has 1 aliphatic rings. The van der Waals surface area contributed by atoms with Crippen LogP contribution in [0.4, 0.5) is 0 Å². The van der Waals surface area contributed by atoms with Crippen LogP contribution in [0.3, 0.4) is 0 Å². The number of carbonyl (C=O) groups is 1. The van der Waals surface area contributed by atoms with Crippen molar-refractivity contribution < 1.29 is 4.79 Å². The highest BCUT2D eigenvalue weighted by molar-refractivity contribution is 6.08. The van der Waals surface area contributed by atoms with Crippen LogP contribution >= 0.6 is 0 Å². The Balaban J connectivity index is 1.95. The number of aryl methyl sites for hydroxylation is 3. The molecular formula is C21H24N4O. The van der Waals surface area contributed by atoms with Crippen LogP contribution < -0.4 is 0 Å². The highest BCUT2D eigenvalue weighted by atomic mass is 16.2. The zero-order valence-corrected chi connectivity index (χ0v) is 15.8. The zero-order valence-electron chi connectivity index (χ0n) is 15.8. The van der Waals surface area contributed by atoms with E-state index in [1.165, 1.54) is 0 Å². The second kappa shape index (κ2) is 6.24. The van der Waals surface area contributed by atoms with Crippen LogP contribution in [0.2, 0.25) is 0 Å². The maximum atomic E-state index is 13.4. The Kier molecular flexibility index (Phi) is 4.02. The molecule has 26 heavy (non-hydrogen) atoms. The first-order valence-corrected chi connectivity index (χ1v) is 9.16. The summed E-state index contributed by atoms with van der Waals surface area (Å²) in [4.78, 5) is 20.2. The first-order chi connectivity index (χ1) is 12.4. The fraction of sp³-hybridized carbons (Fsp3) is 0.381. The maximum Gasteiger partial charge on any atom is 0.254 e. The molecule has 1 aliphatic heterocycles. The van der Waals surface area contributed by atoms with Gasteiger partial charge in [0.05, 0.1) is 23.0 Å². The van der Waals surface area contributed by atoms with Crippen molar-refractivity contribution in [1.29, 1.82) is 0 Å². The molecular weight excluding hydrogens is 324 g/mol. The lowest BCUT2D eigenvalue weighted by atomic mass is 9.99. The normalized spacial score (nSPS) is 17.2. The quantitative estimate of drug-likeness (QED) is 0.706. The van der Waals surface area contributed by atoms with Crippen LogP contribution in [-0.2, 0) is 7.05 Å². The van der Waals surface area contributed by atoms with Crippen LogP contribution in [0.15, 0.2) is 30.6 Å². The number of aromatic nitrogens is 3. The minimum atomic E-state index is 0.109. The molecule has 134 valence electrons. The van der Waals surface area contributed by atoms with Gasteiger partial charge >= 0.3 is 0 Å². The molecule has 0 N–H and O–H groups in total. The van der Waals surface area contributed by atoms with Crippen LogP contribution in [-0.4, -0.2) is 38.2 Å². The van der Waals surface area contributed by atoms with Gasteiger partial charge in [-0.25, -0.2) is 4.98 Å². The molecule has 3 aromatic rings. The van der Waals surface area contributed by atoms with E-state index in [4.69, 9.17) is 4.98 Å². The van der Waals surface area contributed by atoms with Gasteiger partial charge in [-0.05, 0) is 51.3 Å². The second-order valence-electron chi connectivity index (χ2n) is 7.43. The Bertz CT molecular complexity index is 1000. The number of nitrogens with zero attached hydrogens (tertiary/aromatic N) is 4. The van der Waals surface area contributed by atoms with Crippen LogP contribution in [0.1, 0.15) is 41.3 Å². The topological polar surface area (TPSA) is 51.0 Å². The van der Waals surface area contributed by atoms with E-state index in [1.54, 1.807) is 10.9 Å². The summed E-state index contributed by atoms with van der Waals surface area (Å²) in [6.45, 7) is 7.08. The van der Waals surface area contributed by atoms with E-state index in [0.717, 1.165) is 58.2 Å². The molecule has 1 fully saturated rings. The molecule has 0 saturated carbocycles. The average Bonchev–Trinajstić information content (AvgIpc) is 3.22. The molecule has 0 aliphatic carbocycles. The maximum absolute atomic E-state index is 13.4. The molecule has 1 amide bonds. The van der Waals surface area contributed by atoms with E-state index in [0.29, 0.717) is 6.04 Å². The summed E-state index contributed by atoms with van der Waals surface area (Å²) in [5, 5.41) is 5.20. The van der Waals surface area contributed by atoms with Gasteiger partial charge in [-0.15, -0.1) is 0 Å². The van der Waals surface area contributed by atoms with E-state index in [2.05, 4.69) is 38.0 Å². The highest BCUT2D eigenvalue weighted by Gasteiger charge is 2.28. The molecule has 4 rings (SSSR count). The fourth-order valence-corrected chi connectivity index (χ4v) is 3.95. The third-order valence-electron chi connectivity index (χ3n) is 5.29. The number of amides is 1. The largest absolute Gasteiger partial charge is 0.336 e. The number of benzene rings is 1. The summed E-state index contributed by atoms with van der Waals surface area (Å²) in [7, 11) is 1.89. The van der Waals surface area contributed by atoms with Gasteiger partial charge in [0.1, 0.15) is 0 Å². The molecule has 3 heterocycles. The predicted molar refractivity (Wildman–Crippen MR) is 103 cm³/mol. The molecule has 1 unspecified atom stereocenters. The Morgan fingerprint density at radius 3 is 2.69 bits per heavy atom. The number of fused-ring (bicyclic) bond motifs is 1. The van der Waals surface area contributed by atoms with Gasteiger partial charge in [-0.2, -0.15) is 5.10 Å². The van der Waals surface area contributed by atoms with Gasteiger partial charge in [-0.1, -0.05) is 11.6 Å². The lowest BCUT2D eigenvalue weighted by molar-refractivity contribution is 0.0749. The number of hydrogen-bond donors (Lipinski definition) is 0. The number of carbonyl (C=O) groups excluding carboxylic acids is 1. The third kappa shape index (κ3) is 2.77. The minimum absolute atomic E-state index is 0.109. The molecule has 1 saturated heterocycles. The van der Waals surface area contributed by atoms with Crippen molar-refractivity contribution >= 4 is 16.8 Å². The third-order valence-corrected chi connectivity index (χ3v) is 5.29. The van der Waals surface area contributed by atoms with Crippen molar-refractivity contribution in [1.82, 2.24) is 19.7 Å². The van der Waals surface area contributed by atoms with Crippen LogP contribution in [0.5, 0.6) is 0 Å². The molecule has 5 heteroatoms. The predicted octanol–water partition coefficient (Wildman–Crippen LogP) is 3.88. The molecule has 1 atom stereocenters. The van der Waals surface area contributed by atoms with Gasteiger partial charge in [0.2, 0.25) is 0 Å². The summed E-state index contributed by atoms with van der Waals surface area (Å²) in [5.74, 6) is 0.109. The summed E-state index contributed by atoms with van der Waals surface area (Å²) in [6, 6.07) is 6.43. The smallest absolute Gasteiger partial charge is 0.254 e. The Morgan fingerprint density at radius 1 is 1.23 bits per heavy atom. The van der Waals surface area contributed by atoms with Gasteiger partial charge in [-0.3, -0.25) is 9.48 Å². The van der Waals surface area contributed by atoms with E-state index in [9.17, 15) is 4.79 Å². The van der Waals surface area contributed by atoms with Crippen molar-refractivity contribution in [3.8, 4) is 11.3 Å². The van der Waals surface area contributed by atoms with Crippen molar-refractivity contribution in [3.63, 3.8) is 0 Å². The number of pyridine rings is 1. The molecule has 0 bridgehead atoms. The Morgan fingerprint density at radius 2 is 2.04 bits per heavy atom. The van der Waals surface area contributed by atoms with E-state index in [1.807, 2.05) is 24.2 Å². The lowest BCUT2D eigenvalue weighted by Crippen LogP contribution is -2.33. The Labute approximate surface area is 153 Å². The van der Waals surface area contributed by atoms with Crippen molar-refractivity contribution in [2.24, 2.45) is 7.05 Å². The van der Waals surface area contributed by atoms with Gasteiger partial charge in [0.25, 0.3) is 5.91 Å². The SMILES string of the molecule is Cc1cc(C)c2nc(-c3cnn(C)c3)cc(C(=O)N3CCCC3C)c2c1. The molecule has 1 aromatic carbocycles. The summed E-state index contributed by atoms with van der Waals surface area (Å²) < 4.78 is 1.76. The van der Waals surface area contributed by atoms with Crippen molar-refractivity contribution in [2.75, 3.05) is 6.54 Å². The average molecular weight is 348 g/mol. The second-order valence-corrected chi connectivity index (χ2v) is 7.43. The van der Waals surface area contributed by atoms with Gasteiger partial charge < -0.3 is 4.90 Å². The number of likely N-dealkylation sites (tertiary alicyclic amines) is 1. The van der Waals surface area contributed by atoms with E-state index < -0.39 is 0 Å². The van der Waals surface area contributed by atoms with Crippen molar-refractivity contribution in [2.45, 2.75) is 39.7 Å². The van der Waals surface area contributed by atoms with Crippen molar-refractivity contribution in [3.05, 3.63) is 47.3 Å². The molecule has 5 nitrogen and oxygen atoms in total. The van der Waals surface area contributed by atoms with Crippen LogP contribution in [0.25, 0.3) is 22.2 Å². The van der Waals surface area contributed by atoms with E-state index in [-0.39, 0.29) is 5.91 Å². The molecule has 2 aromatic heterocycles. The first-order valence-electron chi connectivity index (χ1n) is 9.16. The minimum Gasteiger partial charge on any atom is -0.336 e. The molecule has 0 spiro atoms. The van der Waals surface area contributed by atoms with Gasteiger partial charge in [0, 0.05) is 36.8 Å². The van der Waals surface area contributed by atoms with Crippen LogP contribution in [0, 0.1) is 13.8 Å². The van der Waals surface area contributed by atoms with E-state index >= 15 is 0 Å². The summed E-state index contributed by atoms with van der Waals surface area (Å²) in [6.07, 6.45) is 5.88. The standard InChI is InChI=1S/C21H24N4O/c1-13-8-14(2)20-17(9-13)18(21(26)25-7-5-6-15(25)3)10-19(23-20)16-11-22-24(4)12-16/h8-12,15H,5-7H2,1-4H3. The summed E-state index contributed by atoms with van der Waals surface area (Å²) in [5.41, 5.74) is 5.61. The van der Waals surface area contributed by atoms with Gasteiger partial charge in [0.15, 0.2) is 0 Å². The number of rotatable bonds is 2. The highest BCUT2D eigenvalue weighted by Crippen LogP contribution is 2.30. The fourth-order valence-electron chi connectivity index (χ4n) is 3.95.